The first-order chi connectivity index (χ1) is 11.8. The molecule has 0 aromatic carbocycles. The molecule has 3 N–H and O–H groups in total. The van der Waals surface area contributed by atoms with Gasteiger partial charge in [0, 0.05) is 7.05 Å². The summed E-state index contributed by atoms with van der Waals surface area (Å²) in [6.07, 6.45) is 6.64. The van der Waals surface area contributed by atoms with Crippen molar-refractivity contribution in [3.63, 3.8) is 0 Å². The smallest absolute Gasteiger partial charge is 0.352 e. The van der Waals surface area contributed by atoms with Crippen molar-refractivity contribution < 1.29 is 9.90 Å². The van der Waals surface area contributed by atoms with E-state index in [1.54, 1.807) is 0 Å². The second-order valence-electron chi connectivity index (χ2n) is 5.98. The first-order valence-electron chi connectivity index (χ1n) is 7.86. The van der Waals surface area contributed by atoms with E-state index in [1.807, 2.05) is 0 Å². The topological polar surface area (TPSA) is 128 Å². The number of primary amides is 1. The van der Waals surface area contributed by atoms with Gasteiger partial charge in [0.2, 0.25) is 0 Å². The number of hydrogen-bond donors (Lipinski definition) is 2. The van der Waals surface area contributed by atoms with Gasteiger partial charge in [-0.25, -0.2) is 14.2 Å². The van der Waals surface area contributed by atoms with E-state index < -0.39 is 11.6 Å². The molecule has 0 fully saturated rings. The lowest BCUT2D eigenvalue weighted by molar-refractivity contribution is 0.0997. The highest BCUT2D eigenvalue weighted by molar-refractivity contribution is 5.96. The third kappa shape index (κ3) is 4.18. The van der Waals surface area contributed by atoms with Gasteiger partial charge in [-0.15, -0.1) is 5.10 Å². The lowest BCUT2D eigenvalue weighted by atomic mass is 9.86. The average Bonchev–Trinajstić information content (AvgIpc) is 3.04. The van der Waals surface area contributed by atoms with Gasteiger partial charge in [0.25, 0.3) is 5.91 Å². The van der Waals surface area contributed by atoms with Crippen molar-refractivity contribution in [2.45, 2.75) is 26.2 Å². The number of imidazole rings is 1. The standard InChI is InChI=1S/C10H16O.C6H6N6O2/c1-8(2)10-5-3-9(7-11)4-6-10;1-11-6(14)12-2-8-3(4(7)13)5(12)9-10-11/h3,10-11H,1,4-7H2,2H3;2H,1H3,(H2,7,13). The Hall–Kier alpha value is -2.81. The third-order valence-corrected chi connectivity index (χ3v) is 4.14. The number of aliphatic hydroxyl groups is 1. The average molecular weight is 346 g/mol. The number of amides is 1. The van der Waals surface area contributed by atoms with Gasteiger partial charge in [-0.3, -0.25) is 4.79 Å². The van der Waals surface area contributed by atoms with E-state index >= 15 is 0 Å². The van der Waals surface area contributed by atoms with Crippen LogP contribution in [-0.4, -0.2) is 42.0 Å². The number of rotatable bonds is 3. The van der Waals surface area contributed by atoms with Crippen LogP contribution in [0, 0.1) is 5.92 Å². The summed E-state index contributed by atoms with van der Waals surface area (Å²) in [6, 6.07) is 0. The molecule has 0 spiro atoms. The molecule has 2 aromatic heterocycles. The van der Waals surface area contributed by atoms with Crippen LogP contribution in [-0.2, 0) is 7.05 Å². The van der Waals surface area contributed by atoms with Crippen molar-refractivity contribution in [2.75, 3.05) is 6.61 Å². The molecule has 1 atom stereocenters. The lowest BCUT2D eigenvalue weighted by Crippen LogP contribution is -2.27. The van der Waals surface area contributed by atoms with Gasteiger partial charge in [-0.05, 0) is 37.7 Å². The van der Waals surface area contributed by atoms with E-state index in [1.165, 1.54) is 30.9 Å². The Morgan fingerprint density at radius 2 is 2.24 bits per heavy atom. The van der Waals surface area contributed by atoms with Crippen LogP contribution in [0.15, 0.2) is 34.9 Å². The minimum atomic E-state index is -0.741. The van der Waals surface area contributed by atoms with Crippen LogP contribution in [0.2, 0.25) is 0 Å². The van der Waals surface area contributed by atoms with E-state index in [0.29, 0.717) is 5.92 Å². The third-order valence-electron chi connectivity index (χ3n) is 4.14. The monoisotopic (exact) mass is 346 g/mol. The lowest BCUT2D eigenvalue weighted by Gasteiger charge is -2.20. The Morgan fingerprint density at radius 1 is 1.52 bits per heavy atom. The molecule has 0 saturated heterocycles. The fourth-order valence-electron chi connectivity index (χ4n) is 2.53. The molecule has 3 rings (SSSR count). The minimum absolute atomic E-state index is 0.0600. The van der Waals surface area contributed by atoms with Crippen LogP contribution in [0.25, 0.3) is 5.65 Å². The molecular weight excluding hydrogens is 324 g/mol. The number of fused-ring (bicyclic) bond motifs is 1. The highest BCUT2D eigenvalue weighted by Gasteiger charge is 2.14. The fraction of sp³-hybridized carbons (Fsp3) is 0.438. The number of nitrogens with zero attached hydrogens (tertiary/aromatic N) is 5. The van der Waals surface area contributed by atoms with Crippen molar-refractivity contribution >= 4 is 11.6 Å². The number of aromatic nitrogens is 5. The van der Waals surface area contributed by atoms with E-state index in [-0.39, 0.29) is 17.9 Å². The predicted molar refractivity (Wildman–Crippen MR) is 91.9 cm³/mol. The van der Waals surface area contributed by atoms with E-state index in [2.05, 4.69) is 34.9 Å². The predicted octanol–water partition coefficient (Wildman–Crippen LogP) is 0.203. The summed E-state index contributed by atoms with van der Waals surface area (Å²) in [5.74, 6) is -0.0830. The molecule has 0 bridgehead atoms. The molecule has 1 aliphatic carbocycles. The van der Waals surface area contributed by atoms with Crippen LogP contribution < -0.4 is 11.4 Å². The van der Waals surface area contributed by atoms with Gasteiger partial charge >= 0.3 is 5.69 Å². The Balaban J connectivity index is 0.000000186. The first kappa shape index (κ1) is 18.5. The largest absolute Gasteiger partial charge is 0.392 e. The Bertz CT molecular complexity index is 880. The quantitative estimate of drug-likeness (QED) is 0.764. The Morgan fingerprint density at radius 3 is 2.76 bits per heavy atom. The van der Waals surface area contributed by atoms with Gasteiger partial charge in [-0.2, -0.15) is 4.68 Å². The molecule has 25 heavy (non-hydrogen) atoms. The van der Waals surface area contributed by atoms with Gasteiger partial charge in [-0.1, -0.05) is 23.4 Å². The maximum Gasteiger partial charge on any atom is 0.352 e. The Kier molecular flexibility index (Phi) is 5.81. The molecule has 2 aromatic rings. The van der Waals surface area contributed by atoms with Gasteiger partial charge in [0.1, 0.15) is 6.33 Å². The molecule has 0 saturated carbocycles. The zero-order valence-electron chi connectivity index (χ0n) is 14.3. The summed E-state index contributed by atoms with van der Waals surface area (Å²) >= 11 is 0. The summed E-state index contributed by atoms with van der Waals surface area (Å²) in [4.78, 5) is 25.9. The highest BCUT2D eigenvalue weighted by atomic mass is 16.3. The second-order valence-corrected chi connectivity index (χ2v) is 5.98. The minimum Gasteiger partial charge on any atom is -0.392 e. The number of hydrogen-bond acceptors (Lipinski definition) is 6. The zero-order chi connectivity index (χ0) is 18.6. The second kappa shape index (κ2) is 7.84. The number of nitrogens with two attached hydrogens (primary N) is 1. The number of aliphatic hydroxyl groups excluding tert-OH is 1. The molecule has 1 unspecified atom stereocenters. The Labute approximate surface area is 144 Å². The van der Waals surface area contributed by atoms with Gasteiger partial charge < -0.3 is 10.8 Å². The molecule has 2 heterocycles. The van der Waals surface area contributed by atoms with Crippen LogP contribution in [0.5, 0.6) is 0 Å². The van der Waals surface area contributed by atoms with Crippen molar-refractivity contribution in [1.82, 2.24) is 24.4 Å². The number of carbonyl (C=O) groups excluding carboxylic acids is 1. The molecule has 1 aliphatic rings. The molecule has 0 radical (unpaired) electrons. The van der Waals surface area contributed by atoms with Gasteiger partial charge in [0.15, 0.2) is 11.3 Å². The number of allylic oxidation sites excluding steroid dienone is 2. The molecule has 134 valence electrons. The van der Waals surface area contributed by atoms with Crippen LogP contribution in [0.1, 0.15) is 36.7 Å². The van der Waals surface area contributed by atoms with E-state index in [9.17, 15) is 9.59 Å². The van der Waals surface area contributed by atoms with Crippen molar-refractivity contribution in [3.05, 3.63) is 46.3 Å². The molecule has 0 aliphatic heterocycles. The summed E-state index contributed by atoms with van der Waals surface area (Å²) in [7, 11) is 1.44. The summed E-state index contributed by atoms with van der Waals surface area (Å²) in [5, 5.41) is 16.0. The molecule has 9 nitrogen and oxygen atoms in total. The van der Waals surface area contributed by atoms with Crippen molar-refractivity contribution in [2.24, 2.45) is 18.7 Å². The zero-order valence-corrected chi connectivity index (χ0v) is 14.3. The van der Waals surface area contributed by atoms with E-state index in [4.69, 9.17) is 10.8 Å². The summed E-state index contributed by atoms with van der Waals surface area (Å²) < 4.78 is 2.13. The van der Waals surface area contributed by atoms with Gasteiger partial charge in [0.05, 0.1) is 6.61 Å². The molecule has 9 heteroatoms. The first-order valence-corrected chi connectivity index (χ1v) is 7.86. The number of aryl methyl sites for hydroxylation is 1. The van der Waals surface area contributed by atoms with Crippen LogP contribution >= 0.6 is 0 Å². The maximum absolute atomic E-state index is 11.4. The van der Waals surface area contributed by atoms with Crippen LogP contribution in [0.3, 0.4) is 0 Å². The van der Waals surface area contributed by atoms with Crippen molar-refractivity contribution in [1.29, 1.82) is 0 Å². The SMILES string of the molecule is C=C(C)C1CC=C(CO)CC1.Cn1nnc2c(C(N)=O)ncn2c1=O. The van der Waals surface area contributed by atoms with Crippen LogP contribution in [0.4, 0.5) is 0 Å². The summed E-state index contributed by atoms with van der Waals surface area (Å²) in [5.41, 5.74) is 7.07. The normalized spacial score (nSPS) is 16.8. The fourth-order valence-corrected chi connectivity index (χ4v) is 2.53. The highest BCUT2D eigenvalue weighted by Crippen LogP contribution is 2.27. The summed E-state index contributed by atoms with van der Waals surface area (Å²) in [6.45, 7) is 6.26. The van der Waals surface area contributed by atoms with Crippen molar-refractivity contribution in [3.8, 4) is 0 Å². The maximum atomic E-state index is 11.4. The number of carbonyl (C=O) groups is 1. The van der Waals surface area contributed by atoms with E-state index in [0.717, 1.165) is 21.9 Å². The molecule has 1 amide bonds. The molecular formula is C16H22N6O3.